The first-order valence-electron chi connectivity index (χ1n) is 10.1. The molecule has 156 valence electrons. The molecule has 0 bridgehead atoms. The van der Waals surface area contributed by atoms with Gasteiger partial charge in [-0.05, 0) is 30.7 Å². The maximum atomic E-state index is 13.2. The Bertz CT molecular complexity index is 1230. The highest BCUT2D eigenvalue weighted by Crippen LogP contribution is 2.37. The van der Waals surface area contributed by atoms with Crippen molar-refractivity contribution < 1.29 is 4.79 Å². The molecule has 0 N–H and O–H groups in total. The van der Waals surface area contributed by atoms with Crippen LogP contribution in [0.1, 0.15) is 13.3 Å². The number of hydrogen-bond acceptors (Lipinski definition) is 6. The number of amides is 1. The molecule has 3 heterocycles. The molecule has 5 rings (SSSR count). The number of thioether (sulfide) groups is 2. The van der Waals surface area contributed by atoms with E-state index < -0.39 is 0 Å². The van der Waals surface area contributed by atoms with E-state index in [1.807, 2.05) is 65.2 Å². The quantitative estimate of drug-likeness (QED) is 0.330. The Hall–Kier alpha value is -2.84. The lowest BCUT2D eigenvalue weighted by Gasteiger charge is -2.22. The van der Waals surface area contributed by atoms with Crippen LogP contribution in [0.4, 0.5) is 5.69 Å². The lowest BCUT2D eigenvalue weighted by molar-refractivity contribution is -0.116. The van der Waals surface area contributed by atoms with Crippen molar-refractivity contribution in [1.82, 2.24) is 19.7 Å². The zero-order chi connectivity index (χ0) is 21.2. The molecule has 1 aliphatic heterocycles. The van der Waals surface area contributed by atoms with E-state index >= 15 is 0 Å². The molecule has 1 amide bonds. The van der Waals surface area contributed by atoms with Gasteiger partial charge in [0, 0.05) is 16.7 Å². The van der Waals surface area contributed by atoms with Gasteiger partial charge in [-0.2, -0.15) is 5.10 Å². The molecule has 0 aliphatic carbocycles. The highest BCUT2D eigenvalue weighted by Gasteiger charge is 2.24. The molecule has 0 saturated heterocycles. The molecular formula is C23H21N5OS2. The van der Waals surface area contributed by atoms with Gasteiger partial charge in [0.15, 0.2) is 5.65 Å². The van der Waals surface area contributed by atoms with Crippen LogP contribution < -0.4 is 4.90 Å². The van der Waals surface area contributed by atoms with Gasteiger partial charge in [-0.3, -0.25) is 4.79 Å². The summed E-state index contributed by atoms with van der Waals surface area (Å²) in [7, 11) is 0. The molecule has 6 nitrogen and oxygen atoms in total. The molecule has 8 heteroatoms. The normalized spacial score (nSPS) is 16.2. The summed E-state index contributed by atoms with van der Waals surface area (Å²) >= 11 is 3.28. The fourth-order valence-corrected chi connectivity index (χ4v) is 5.60. The van der Waals surface area contributed by atoms with Crippen LogP contribution in [0.3, 0.4) is 0 Å². The largest absolute Gasteiger partial charge is 0.311 e. The molecule has 0 saturated carbocycles. The predicted molar refractivity (Wildman–Crippen MR) is 126 cm³/mol. The lowest BCUT2D eigenvalue weighted by Crippen LogP contribution is -2.33. The van der Waals surface area contributed by atoms with Crippen molar-refractivity contribution in [2.75, 3.05) is 17.2 Å². The number of para-hydroxylation sites is 2. The molecule has 0 radical (unpaired) electrons. The minimum Gasteiger partial charge on any atom is -0.311 e. The highest BCUT2D eigenvalue weighted by atomic mass is 32.2. The third-order valence-corrected chi connectivity index (χ3v) is 7.43. The summed E-state index contributed by atoms with van der Waals surface area (Å²) < 4.78 is 1.80. The molecular weight excluding hydrogens is 426 g/mol. The molecule has 1 atom stereocenters. The van der Waals surface area contributed by atoms with Crippen LogP contribution in [0.15, 0.2) is 77.0 Å². The van der Waals surface area contributed by atoms with E-state index in [1.54, 1.807) is 10.9 Å². The van der Waals surface area contributed by atoms with Crippen molar-refractivity contribution in [3.05, 3.63) is 67.1 Å². The Morgan fingerprint density at radius 1 is 1.13 bits per heavy atom. The van der Waals surface area contributed by atoms with E-state index in [-0.39, 0.29) is 5.91 Å². The van der Waals surface area contributed by atoms with Crippen LogP contribution in [0.2, 0.25) is 0 Å². The van der Waals surface area contributed by atoms with Crippen LogP contribution in [0, 0.1) is 0 Å². The van der Waals surface area contributed by atoms with Crippen LogP contribution in [0.5, 0.6) is 0 Å². The van der Waals surface area contributed by atoms with E-state index in [4.69, 9.17) is 0 Å². The molecule has 2 aromatic carbocycles. The van der Waals surface area contributed by atoms with Gasteiger partial charge in [0.1, 0.15) is 11.4 Å². The van der Waals surface area contributed by atoms with Crippen molar-refractivity contribution in [1.29, 1.82) is 0 Å². The van der Waals surface area contributed by atoms with E-state index in [1.165, 1.54) is 23.0 Å². The van der Waals surface area contributed by atoms with Crippen molar-refractivity contribution in [2.24, 2.45) is 0 Å². The number of nitrogens with zero attached hydrogens (tertiary/aromatic N) is 5. The number of hydrogen-bond donors (Lipinski definition) is 0. The summed E-state index contributed by atoms with van der Waals surface area (Å²) in [5.41, 5.74) is 2.68. The third-order valence-electron chi connectivity index (χ3n) is 5.21. The monoisotopic (exact) mass is 447 g/mol. The van der Waals surface area contributed by atoms with E-state index in [2.05, 4.69) is 28.1 Å². The zero-order valence-electron chi connectivity index (χ0n) is 17.0. The fraction of sp³-hybridized carbons (Fsp3) is 0.217. The average Bonchev–Trinajstić information content (AvgIpc) is 3.16. The zero-order valence-corrected chi connectivity index (χ0v) is 18.6. The van der Waals surface area contributed by atoms with Gasteiger partial charge >= 0.3 is 0 Å². The number of anilines is 1. The summed E-state index contributed by atoms with van der Waals surface area (Å²) in [6.07, 6.45) is 4.28. The minimum absolute atomic E-state index is 0.0920. The second-order valence-electron chi connectivity index (χ2n) is 7.33. The van der Waals surface area contributed by atoms with Crippen molar-refractivity contribution in [3.63, 3.8) is 0 Å². The van der Waals surface area contributed by atoms with E-state index in [0.29, 0.717) is 11.0 Å². The van der Waals surface area contributed by atoms with Gasteiger partial charge in [0.2, 0.25) is 5.91 Å². The minimum atomic E-state index is 0.0920. The predicted octanol–water partition coefficient (Wildman–Crippen LogP) is 4.83. The van der Waals surface area contributed by atoms with Crippen molar-refractivity contribution >= 4 is 46.2 Å². The first-order chi connectivity index (χ1) is 15.2. The number of benzene rings is 2. The number of fused-ring (bicyclic) bond motifs is 2. The van der Waals surface area contributed by atoms with Crippen molar-refractivity contribution in [3.8, 4) is 5.69 Å². The van der Waals surface area contributed by atoms with Crippen LogP contribution >= 0.6 is 23.5 Å². The van der Waals surface area contributed by atoms with E-state index in [0.717, 1.165) is 40.4 Å². The highest BCUT2D eigenvalue weighted by molar-refractivity contribution is 8.00. The van der Waals surface area contributed by atoms with Crippen LogP contribution in [-0.2, 0) is 4.79 Å². The Morgan fingerprint density at radius 3 is 2.81 bits per heavy atom. The van der Waals surface area contributed by atoms with Crippen molar-refractivity contribution in [2.45, 2.75) is 28.5 Å². The Kier molecular flexibility index (Phi) is 5.65. The smallest absolute Gasteiger partial charge is 0.237 e. The first-order valence-corrected chi connectivity index (χ1v) is 12.0. The van der Waals surface area contributed by atoms with Gasteiger partial charge in [-0.25, -0.2) is 14.6 Å². The van der Waals surface area contributed by atoms with E-state index in [9.17, 15) is 4.79 Å². The molecule has 31 heavy (non-hydrogen) atoms. The molecule has 0 unspecified atom stereocenters. The molecule has 4 aromatic rings. The lowest BCUT2D eigenvalue weighted by atomic mass is 10.2. The van der Waals surface area contributed by atoms with Gasteiger partial charge in [0.25, 0.3) is 0 Å². The van der Waals surface area contributed by atoms with Crippen LogP contribution in [-0.4, -0.2) is 43.2 Å². The van der Waals surface area contributed by atoms with Gasteiger partial charge < -0.3 is 4.90 Å². The topological polar surface area (TPSA) is 63.9 Å². The van der Waals surface area contributed by atoms with Gasteiger partial charge in [-0.1, -0.05) is 49.0 Å². The Labute approximate surface area is 189 Å². The SMILES string of the molecule is C[C@@H]1CCN(C(=O)CSc2ncnc3c2cnn3-c2ccccc2)c2ccccc2S1. The molecule has 2 aromatic heterocycles. The second kappa shape index (κ2) is 8.72. The number of rotatable bonds is 4. The number of aromatic nitrogens is 4. The molecule has 0 spiro atoms. The summed E-state index contributed by atoms with van der Waals surface area (Å²) in [5, 5.41) is 6.60. The molecule has 1 aliphatic rings. The maximum Gasteiger partial charge on any atom is 0.237 e. The fourth-order valence-electron chi connectivity index (χ4n) is 3.65. The second-order valence-corrected chi connectivity index (χ2v) is 9.77. The van der Waals surface area contributed by atoms with Crippen LogP contribution in [0.25, 0.3) is 16.7 Å². The molecule has 0 fully saturated rings. The number of carbonyl (C=O) groups is 1. The van der Waals surface area contributed by atoms with Gasteiger partial charge in [-0.15, -0.1) is 11.8 Å². The summed E-state index contributed by atoms with van der Waals surface area (Å²) in [5.74, 6) is 0.407. The summed E-state index contributed by atoms with van der Waals surface area (Å²) in [6, 6.07) is 18.0. The number of carbonyl (C=O) groups excluding carboxylic acids is 1. The summed E-state index contributed by atoms with van der Waals surface area (Å²) in [6.45, 7) is 2.95. The summed E-state index contributed by atoms with van der Waals surface area (Å²) in [4.78, 5) is 25.1. The Morgan fingerprint density at radius 2 is 1.94 bits per heavy atom. The van der Waals surface area contributed by atoms with Gasteiger partial charge in [0.05, 0.1) is 28.7 Å². The Balaban J connectivity index is 1.38. The average molecular weight is 448 g/mol. The maximum absolute atomic E-state index is 13.2. The first kappa shape index (κ1) is 20.1. The standard InChI is InChI=1S/C23H21N5OS2/c1-16-11-12-27(19-9-5-6-10-20(19)31-16)21(29)14-30-23-18-13-26-28(22(18)24-15-25-23)17-7-3-2-4-8-17/h2-10,13,15-16H,11-12,14H2,1H3/t16-/m1/s1. The third kappa shape index (κ3) is 4.05.